The third kappa shape index (κ3) is 7.93. The Morgan fingerprint density at radius 2 is 2.18 bits per heavy atom. The average molecular weight is 202 g/mol. The minimum absolute atomic E-state index is 0. The standard InChI is InChI=1S/C5H12N2O2S.ClH/c6-1-2-10-3-4(7)5(8)9;/h4H,1-3,6-7H2,(H,8,9);1H/i2+1;. The lowest BCUT2D eigenvalue weighted by atomic mass is 10.4. The molecule has 0 amide bonds. The zero-order valence-electron chi connectivity index (χ0n) is 6.03. The number of rotatable bonds is 5. The second-order valence-corrected chi connectivity index (χ2v) is 2.96. The smallest absolute Gasteiger partial charge is 0.321 e. The van der Waals surface area contributed by atoms with Gasteiger partial charge >= 0.3 is 5.97 Å². The molecule has 0 radical (unpaired) electrons. The van der Waals surface area contributed by atoms with Crippen LogP contribution in [0.25, 0.3) is 0 Å². The first-order valence-electron chi connectivity index (χ1n) is 2.94. The topological polar surface area (TPSA) is 89.3 Å². The fraction of sp³-hybridized carbons (Fsp3) is 0.800. The van der Waals surface area contributed by atoms with E-state index < -0.39 is 12.0 Å². The van der Waals surface area contributed by atoms with Crippen LogP contribution in [-0.2, 0) is 4.79 Å². The van der Waals surface area contributed by atoms with Crippen LogP contribution in [-0.4, -0.2) is 35.2 Å². The molecule has 0 aliphatic rings. The second kappa shape index (κ2) is 8.13. The van der Waals surface area contributed by atoms with Crippen molar-refractivity contribution >= 4 is 30.1 Å². The van der Waals surface area contributed by atoms with Crippen molar-refractivity contribution in [1.29, 1.82) is 0 Å². The molecule has 4 nitrogen and oxygen atoms in total. The maximum absolute atomic E-state index is 10.1. The molecule has 1 atom stereocenters. The van der Waals surface area contributed by atoms with Gasteiger partial charge in [-0.15, -0.1) is 12.4 Å². The number of hydrogen-bond donors (Lipinski definition) is 3. The zero-order chi connectivity index (χ0) is 7.98. The Morgan fingerprint density at radius 3 is 2.55 bits per heavy atom. The van der Waals surface area contributed by atoms with Crippen LogP contribution in [0.3, 0.4) is 0 Å². The van der Waals surface area contributed by atoms with Crippen molar-refractivity contribution in [2.24, 2.45) is 11.5 Å². The van der Waals surface area contributed by atoms with Crippen molar-refractivity contribution in [3.05, 3.63) is 0 Å². The lowest BCUT2D eigenvalue weighted by Gasteiger charge is -2.03. The number of carboxylic acid groups (broad SMARTS) is 1. The number of thioether (sulfide) groups is 1. The number of aliphatic carboxylic acids is 1. The van der Waals surface area contributed by atoms with Crippen molar-refractivity contribution in [2.45, 2.75) is 6.04 Å². The highest BCUT2D eigenvalue weighted by atomic mass is 35.5. The highest BCUT2D eigenvalue weighted by Gasteiger charge is 2.09. The van der Waals surface area contributed by atoms with Gasteiger partial charge in [0.25, 0.3) is 0 Å². The summed E-state index contributed by atoms with van der Waals surface area (Å²) in [4.78, 5) is 10.1. The van der Waals surface area contributed by atoms with Crippen molar-refractivity contribution in [1.82, 2.24) is 0 Å². The van der Waals surface area contributed by atoms with Crippen LogP contribution in [0, 0.1) is 0 Å². The number of carbonyl (C=O) groups is 1. The van der Waals surface area contributed by atoms with Gasteiger partial charge in [-0.1, -0.05) is 0 Å². The molecule has 0 heterocycles. The quantitative estimate of drug-likeness (QED) is 0.413. The number of carboxylic acids is 1. The molecular formula is C5H13ClN2O2S. The maximum atomic E-state index is 10.1. The molecule has 6 heteroatoms. The van der Waals surface area contributed by atoms with Crippen molar-refractivity contribution in [2.75, 3.05) is 18.1 Å². The SMILES string of the molecule is Cl.NC[13CH2]SCC(N)C(=O)O. The first-order chi connectivity index (χ1) is 4.68. The summed E-state index contributed by atoms with van der Waals surface area (Å²) in [6, 6.07) is -0.753. The molecule has 0 aliphatic heterocycles. The van der Waals surface area contributed by atoms with Crippen LogP contribution in [0.15, 0.2) is 0 Å². The van der Waals surface area contributed by atoms with Gasteiger partial charge in [0.15, 0.2) is 0 Å². The molecule has 0 aromatic carbocycles. The Balaban J connectivity index is 0. The van der Waals surface area contributed by atoms with Crippen LogP contribution in [0.1, 0.15) is 0 Å². The molecule has 5 N–H and O–H groups in total. The fourth-order valence-corrected chi connectivity index (χ4v) is 1.09. The van der Waals surface area contributed by atoms with Gasteiger partial charge in [0, 0.05) is 18.1 Å². The molecule has 0 rings (SSSR count). The summed E-state index contributed by atoms with van der Waals surface area (Å²) in [5.74, 6) is 0.248. The van der Waals surface area contributed by atoms with Crippen LogP contribution >= 0.6 is 24.2 Å². The van der Waals surface area contributed by atoms with E-state index in [1.165, 1.54) is 11.8 Å². The number of halogens is 1. The molecule has 0 spiro atoms. The first kappa shape index (κ1) is 13.6. The number of hydrogen-bond acceptors (Lipinski definition) is 4. The van der Waals surface area contributed by atoms with E-state index in [-0.39, 0.29) is 12.4 Å². The van der Waals surface area contributed by atoms with E-state index in [4.69, 9.17) is 16.6 Å². The summed E-state index contributed by atoms with van der Waals surface area (Å²) in [6.07, 6.45) is 0. The molecule has 0 saturated carbocycles. The maximum Gasteiger partial charge on any atom is 0.321 e. The highest BCUT2D eigenvalue weighted by molar-refractivity contribution is 7.99. The predicted octanol–water partition coefficient (Wildman–Crippen LogP) is -0.488. The summed E-state index contributed by atoms with van der Waals surface area (Å²) in [5, 5.41) is 8.31. The molecule has 11 heavy (non-hydrogen) atoms. The minimum atomic E-state index is -0.954. The Morgan fingerprint density at radius 1 is 1.64 bits per heavy atom. The van der Waals surface area contributed by atoms with E-state index in [9.17, 15) is 4.79 Å². The van der Waals surface area contributed by atoms with Gasteiger partial charge in [-0.25, -0.2) is 0 Å². The molecule has 0 aromatic heterocycles. The summed E-state index contributed by atoms with van der Waals surface area (Å²) in [5.41, 5.74) is 10.4. The van der Waals surface area contributed by atoms with Crippen LogP contribution in [0.2, 0.25) is 0 Å². The van der Waals surface area contributed by atoms with Crippen molar-refractivity contribution in [3.63, 3.8) is 0 Å². The summed E-state index contributed by atoms with van der Waals surface area (Å²) >= 11 is 1.46. The molecule has 68 valence electrons. The van der Waals surface area contributed by atoms with Crippen LogP contribution in [0.5, 0.6) is 0 Å². The van der Waals surface area contributed by atoms with Gasteiger partial charge in [0.1, 0.15) is 6.04 Å². The Labute approximate surface area is 76.1 Å². The van der Waals surface area contributed by atoms with E-state index in [0.29, 0.717) is 12.3 Å². The Kier molecular flexibility index (Phi) is 10.1. The van der Waals surface area contributed by atoms with Crippen LogP contribution < -0.4 is 11.5 Å². The Hall–Kier alpha value is 0.0300. The lowest BCUT2D eigenvalue weighted by Crippen LogP contribution is -2.32. The van der Waals surface area contributed by atoms with Gasteiger partial charge in [-0.05, 0) is 0 Å². The fourth-order valence-electron chi connectivity index (χ4n) is 0.365. The summed E-state index contributed by atoms with van der Waals surface area (Å²) in [7, 11) is 0. The van der Waals surface area contributed by atoms with Crippen molar-refractivity contribution < 1.29 is 9.90 Å². The summed E-state index contributed by atoms with van der Waals surface area (Å²) < 4.78 is 0. The van der Waals surface area contributed by atoms with E-state index in [1.807, 2.05) is 0 Å². The average Bonchev–Trinajstić information content (AvgIpc) is 1.88. The number of nitrogens with two attached hydrogens (primary N) is 2. The van der Waals surface area contributed by atoms with Gasteiger partial charge in [-0.3, -0.25) is 4.79 Å². The van der Waals surface area contributed by atoms with Crippen molar-refractivity contribution in [3.8, 4) is 0 Å². The normalized spacial score (nSPS) is 11.8. The molecule has 0 aromatic rings. The predicted molar refractivity (Wildman–Crippen MR) is 49.2 cm³/mol. The molecule has 0 fully saturated rings. The Bertz CT molecular complexity index is 115. The third-order valence-corrected chi connectivity index (χ3v) is 2.00. The van der Waals surface area contributed by atoms with E-state index in [0.717, 1.165) is 5.75 Å². The van der Waals surface area contributed by atoms with Gasteiger partial charge in [0.05, 0.1) is 0 Å². The van der Waals surface area contributed by atoms with E-state index in [1.54, 1.807) is 0 Å². The molecule has 0 saturated heterocycles. The minimum Gasteiger partial charge on any atom is -0.480 e. The molecule has 0 aliphatic carbocycles. The van der Waals surface area contributed by atoms with E-state index >= 15 is 0 Å². The summed E-state index contributed by atoms with van der Waals surface area (Å²) in [6.45, 7) is 0.566. The van der Waals surface area contributed by atoms with Gasteiger partial charge < -0.3 is 16.6 Å². The van der Waals surface area contributed by atoms with E-state index in [2.05, 4.69) is 0 Å². The lowest BCUT2D eigenvalue weighted by molar-refractivity contribution is -0.137. The molecule has 1 unspecified atom stereocenters. The van der Waals surface area contributed by atoms with Gasteiger partial charge in [0.2, 0.25) is 0 Å². The second-order valence-electron chi connectivity index (χ2n) is 1.81. The molecule has 0 bridgehead atoms. The zero-order valence-corrected chi connectivity index (χ0v) is 7.66. The highest BCUT2D eigenvalue weighted by Crippen LogP contribution is 1.99. The van der Waals surface area contributed by atoms with Gasteiger partial charge in [-0.2, -0.15) is 11.8 Å². The largest absolute Gasteiger partial charge is 0.480 e. The van der Waals surface area contributed by atoms with Crippen LogP contribution in [0.4, 0.5) is 0 Å². The molecular weight excluding hydrogens is 189 g/mol. The first-order valence-corrected chi connectivity index (χ1v) is 4.10. The monoisotopic (exact) mass is 201 g/mol. The third-order valence-electron chi connectivity index (χ3n) is 0.877.